The van der Waals surface area contributed by atoms with Crippen LogP contribution in [0.1, 0.15) is 5.56 Å². The van der Waals surface area contributed by atoms with E-state index in [1.54, 1.807) is 0 Å². The summed E-state index contributed by atoms with van der Waals surface area (Å²) in [5, 5.41) is 0. The van der Waals surface area contributed by atoms with E-state index in [2.05, 4.69) is 23.1 Å². The molecule has 1 aliphatic heterocycles. The topological polar surface area (TPSA) is 12.5 Å². The molecule has 1 aliphatic rings. The molecule has 0 atom stereocenters. The second-order valence-corrected chi connectivity index (χ2v) is 3.30. The molecule has 2 nitrogen and oxygen atoms in total. The molecule has 0 radical (unpaired) electrons. The van der Waals surface area contributed by atoms with Crippen molar-refractivity contribution in [3.63, 3.8) is 0 Å². The fraction of sp³-hybridized carbons (Fsp3) is 0.455. The van der Waals surface area contributed by atoms with Crippen LogP contribution in [0.4, 0.5) is 0 Å². The van der Waals surface area contributed by atoms with Crippen LogP contribution in [0.3, 0.4) is 0 Å². The second kappa shape index (κ2) is 6.29. The van der Waals surface area contributed by atoms with Crippen LogP contribution in [0.5, 0.6) is 0 Å². The zero-order valence-corrected chi connectivity index (χ0v) is 11.4. The van der Waals surface area contributed by atoms with Crippen LogP contribution >= 0.6 is 0 Å². The zero-order chi connectivity index (χ0) is 8.93. The van der Waals surface area contributed by atoms with Crippen LogP contribution in [0, 0.1) is 6.07 Å². The van der Waals surface area contributed by atoms with Gasteiger partial charge in [-0.25, -0.2) is 0 Å². The molecule has 1 aromatic carbocycles. The first-order valence-electron chi connectivity index (χ1n) is 4.70. The van der Waals surface area contributed by atoms with Crippen molar-refractivity contribution in [2.45, 2.75) is 6.54 Å². The molecule has 0 aromatic heterocycles. The SMILES string of the molecule is [Zn].[c-]1ccc(CN2CCOCC2)cc1. The summed E-state index contributed by atoms with van der Waals surface area (Å²) in [6.45, 7) is 4.90. The Labute approximate surface area is 98.0 Å². The van der Waals surface area contributed by atoms with Gasteiger partial charge in [0, 0.05) is 39.1 Å². The normalized spacial score (nSPS) is 17.4. The number of hydrogen-bond acceptors (Lipinski definition) is 2. The molecular weight excluding hydrogens is 228 g/mol. The summed E-state index contributed by atoms with van der Waals surface area (Å²) in [6, 6.07) is 11.2. The number of morpholine rings is 1. The monoisotopic (exact) mass is 240 g/mol. The Balaban J connectivity index is 0.000000980. The molecule has 14 heavy (non-hydrogen) atoms. The molecule has 0 aliphatic carbocycles. The summed E-state index contributed by atoms with van der Waals surface area (Å²) < 4.78 is 5.29. The van der Waals surface area contributed by atoms with Gasteiger partial charge in [-0.2, -0.15) is 30.3 Å². The van der Waals surface area contributed by atoms with Crippen molar-refractivity contribution in [2.24, 2.45) is 0 Å². The molecule has 1 aromatic rings. The summed E-state index contributed by atoms with van der Waals surface area (Å²) >= 11 is 0. The average molecular weight is 242 g/mol. The van der Waals surface area contributed by atoms with E-state index in [4.69, 9.17) is 4.74 Å². The van der Waals surface area contributed by atoms with Crippen molar-refractivity contribution in [2.75, 3.05) is 26.3 Å². The average Bonchev–Trinajstić information content (AvgIpc) is 2.21. The number of nitrogens with zero attached hydrogens (tertiary/aromatic N) is 1. The van der Waals surface area contributed by atoms with Gasteiger partial charge in [-0.3, -0.25) is 4.90 Å². The maximum Gasteiger partial charge on any atom is 0.0594 e. The fourth-order valence-electron chi connectivity index (χ4n) is 1.54. The van der Waals surface area contributed by atoms with Gasteiger partial charge in [0.25, 0.3) is 0 Å². The van der Waals surface area contributed by atoms with Gasteiger partial charge in [0.15, 0.2) is 0 Å². The van der Waals surface area contributed by atoms with Crippen molar-refractivity contribution < 1.29 is 24.2 Å². The van der Waals surface area contributed by atoms with Gasteiger partial charge < -0.3 is 4.74 Å². The van der Waals surface area contributed by atoms with E-state index in [1.807, 2.05) is 12.1 Å². The van der Waals surface area contributed by atoms with Crippen LogP contribution in [0.15, 0.2) is 24.3 Å². The van der Waals surface area contributed by atoms with Gasteiger partial charge >= 0.3 is 0 Å². The van der Waals surface area contributed by atoms with E-state index in [0.717, 1.165) is 32.8 Å². The third-order valence-corrected chi connectivity index (χ3v) is 2.30. The largest absolute Gasteiger partial charge is 0.379 e. The minimum atomic E-state index is 0. The standard InChI is InChI=1S/C11H14NO.Zn/c1-2-4-11(5-3-1)10-12-6-8-13-9-7-12;/h2-5H,6-10H2;/q-1;. The first-order chi connectivity index (χ1) is 6.45. The Morgan fingerprint density at radius 2 is 1.86 bits per heavy atom. The number of rotatable bonds is 2. The smallest absolute Gasteiger partial charge is 0.0594 e. The maximum atomic E-state index is 5.29. The van der Waals surface area contributed by atoms with E-state index in [9.17, 15) is 0 Å². The van der Waals surface area contributed by atoms with Crippen LogP contribution in [-0.4, -0.2) is 31.2 Å². The van der Waals surface area contributed by atoms with E-state index in [-0.39, 0.29) is 19.5 Å². The van der Waals surface area contributed by atoms with Crippen molar-refractivity contribution in [1.82, 2.24) is 4.90 Å². The molecule has 72 valence electrons. The Hall–Kier alpha value is -0.237. The Kier molecular flexibility index (Phi) is 5.31. The zero-order valence-electron chi connectivity index (χ0n) is 8.41. The van der Waals surface area contributed by atoms with Crippen molar-refractivity contribution in [3.05, 3.63) is 35.9 Å². The first kappa shape index (κ1) is 11.8. The molecule has 0 unspecified atom stereocenters. The molecule has 0 saturated carbocycles. The molecule has 0 N–H and O–H groups in total. The quantitative estimate of drug-likeness (QED) is 0.572. The molecule has 2 rings (SSSR count). The predicted octanol–water partition coefficient (Wildman–Crippen LogP) is 1.32. The number of hydrogen-bond donors (Lipinski definition) is 0. The molecule has 0 spiro atoms. The van der Waals surface area contributed by atoms with Gasteiger partial charge in [-0.15, -0.1) is 5.56 Å². The molecule has 1 heterocycles. The van der Waals surface area contributed by atoms with Crippen molar-refractivity contribution in [1.29, 1.82) is 0 Å². The Bertz CT molecular complexity index is 247. The van der Waals surface area contributed by atoms with Crippen LogP contribution in [-0.2, 0) is 30.8 Å². The van der Waals surface area contributed by atoms with Gasteiger partial charge in [-0.1, -0.05) is 0 Å². The molecule has 0 amide bonds. The van der Waals surface area contributed by atoms with Crippen molar-refractivity contribution >= 4 is 0 Å². The fourth-order valence-corrected chi connectivity index (χ4v) is 1.54. The third-order valence-electron chi connectivity index (χ3n) is 2.30. The van der Waals surface area contributed by atoms with Crippen LogP contribution < -0.4 is 0 Å². The molecular formula is C11H14NOZn-. The van der Waals surface area contributed by atoms with Crippen LogP contribution in [0.2, 0.25) is 0 Å². The Morgan fingerprint density at radius 1 is 1.21 bits per heavy atom. The minimum absolute atomic E-state index is 0. The summed E-state index contributed by atoms with van der Waals surface area (Å²) in [5.74, 6) is 0. The second-order valence-electron chi connectivity index (χ2n) is 3.30. The van der Waals surface area contributed by atoms with E-state index in [1.165, 1.54) is 5.56 Å². The molecule has 1 fully saturated rings. The predicted molar refractivity (Wildman–Crippen MR) is 51.4 cm³/mol. The summed E-state index contributed by atoms with van der Waals surface area (Å²) in [6.07, 6.45) is 0. The van der Waals surface area contributed by atoms with Crippen LogP contribution in [0.25, 0.3) is 0 Å². The van der Waals surface area contributed by atoms with E-state index < -0.39 is 0 Å². The van der Waals surface area contributed by atoms with Gasteiger partial charge in [0.05, 0.1) is 13.2 Å². The number of ether oxygens (including phenoxy) is 1. The first-order valence-corrected chi connectivity index (χ1v) is 4.70. The van der Waals surface area contributed by atoms with E-state index >= 15 is 0 Å². The van der Waals surface area contributed by atoms with Crippen molar-refractivity contribution in [3.8, 4) is 0 Å². The van der Waals surface area contributed by atoms with E-state index in [0.29, 0.717) is 0 Å². The minimum Gasteiger partial charge on any atom is -0.379 e. The summed E-state index contributed by atoms with van der Waals surface area (Å²) in [5.41, 5.74) is 1.36. The molecule has 1 saturated heterocycles. The van der Waals surface area contributed by atoms with Gasteiger partial charge in [0.1, 0.15) is 0 Å². The maximum absolute atomic E-state index is 5.29. The molecule has 0 bridgehead atoms. The number of benzene rings is 1. The summed E-state index contributed by atoms with van der Waals surface area (Å²) in [7, 11) is 0. The van der Waals surface area contributed by atoms with Gasteiger partial charge in [-0.05, 0) is 0 Å². The Morgan fingerprint density at radius 3 is 2.50 bits per heavy atom. The summed E-state index contributed by atoms with van der Waals surface area (Å²) in [4.78, 5) is 2.42. The van der Waals surface area contributed by atoms with Gasteiger partial charge in [0.2, 0.25) is 0 Å². The third kappa shape index (κ3) is 3.49. The molecule has 3 heteroatoms.